The SMILES string of the molecule is COc1ccc(C(=O)COC(=O)c2cc(-c3ccc(N4C(=O)C5CCCCC5C4=O)cc3)nc3ccc(Cl)cc23)cc1. The van der Waals surface area contributed by atoms with Crippen molar-refractivity contribution in [3.05, 3.63) is 88.9 Å². The molecule has 1 saturated heterocycles. The fourth-order valence-corrected chi connectivity index (χ4v) is 5.95. The molecule has 2 aliphatic rings. The Bertz CT molecular complexity index is 1690. The summed E-state index contributed by atoms with van der Waals surface area (Å²) in [7, 11) is 1.53. The summed E-state index contributed by atoms with van der Waals surface area (Å²) >= 11 is 6.23. The predicted octanol–water partition coefficient (Wildman–Crippen LogP) is 6.28. The molecule has 1 aliphatic carbocycles. The topological polar surface area (TPSA) is 103 Å². The molecule has 2 fully saturated rings. The van der Waals surface area contributed by atoms with E-state index in [1.165, 1.54) is 12.0 Å². The van der Waals surface area contributed by atoms with E-state index in [1.54, 1.807) is 72.8 Å². The number of carbonyl (C=O) groups is 4. The lowest BCUT2D eigenvalue weighted by Crippen LogP contribution is -2.30. The molecule has 9 heteroatoms. The third-order valence-electron chi connectivity index (χ3n) is 8.00. The molecule has 2 unspecified atom stereocenters. The molecule has 3 aromatic carbocycles. The Morgan fingerprint density at radius 3 is 2.21 bits per heavy atom. The number of Topliss-reactive ketones (excluding diaryl/α,β-unsaturated/α-hetero) is 1. The van der Waals surface area contributed by atoms with Gasteiger partial charge in [-0.15, -0.1) is 0 Å². The molecule has 0 bridgehead atoms. The van der Waals surface area contributed by atoms with Crippen LogP contribution in [0.5, 0.6) is 5.75 Å². The first-order chi connectivity index (χ1) is 20.3. The third-order valence-corrected chi connectivity index (χ3v) is 8.23. The number of nitrogens with zero attached hydrogens (tertiary/aromatic N) is 2. The minimum Gasteiger partial charge on any atom is -0.497 e. The molecule has 8 nitrogen and oxygen atoms in total. The van der Waals surface area contributed by atoms with Crippen LogP contribution in [-0.2, 0) is 14.3 Å². The number of pyridine rings is 1. The first-order valence-electron chi connectivity index (χ1n) is 13.8. The number of benzene rings is 3. The van der Waals surface area contributed by atoms with E-state index in [4.69, 9.17) is 26.1 Å². The van der Waals surface area contributed by atoms with E-state index < -0.39 is 12.6 Å². The van der Waals surface area contributed by atoms with Crippen molar-refractivity contribution in [1.82, 2.24) is 4.98 Å². The van der Waals surface area contributed by atoms with Gasteiger partial charge in [-0.25, -0.2) is 9.78 Å². The van der Waals surface area contributed by atoms with Crippen molar-refractivity contribution < 1.29 is 28.7 Å². The van der Waals surface area contributed by atoms with Gasteiger partial charge in [-0.1, -0.05) is 36.6 Å². The number of hydrogen-bond donors (Lipinski definition) is 0. The minimum absolute atomic E-state index is 0.132. The average molecular weight is 583 g/mol. The van der Waals surface area contributed by atoms with E-state index in [1.807, 2.05) is 0 Å². The van der Waals surface area contributed by atoms with Crippen LogP contribution in [0.4, 0.5) is 5.69 Å². The quantitative estimate of drug-likeness (QED) is 0.143. The van der Waals surface area contributed by atoms with Gasteiger partial charge < -0.3 is 9.47 Å². The zero-order chi connectivity index (χ0) is 29.4. The molecule has 2 heterocycles. The maximum Gasteiger partial charge on any atom is 0.339 e. The van der Waals surface area contributed by atoms with Crippen molar-refractivity contribution in [3.8, 4) is 17.0 Å². The van der Waals surface area contributed by atoms with Crippen LogP contribution in [0.2, 0.25) is 5.02 Å². The molecule has 1 aliphatic heterocycles. The Labute approximate surface area is 247 Å². The summed E-state index contributed by atoms with van der Waals surface area (Å²) in [5.74, 6) is -1.17. The molecular formula is C33H27ClN2O6. The minimum atomic E-state index is -0.694. The van der Waals surface area contributed by atoms with Crippen LogP contribution in [-0.4, -0.2) is 42.3 Å². The molecule has 6 rings (SSSR count). The number of ketones is 1. The van der Waals surface area contributed by atoms with Crippen molar-refractivity contribution in [3.63, 3.8) is 0 Å². The van der Waals surface area contributed by atoms with Gasteiger partial charge >= 0.3 is 5.97 Å². The van der Waals surface area contributed by atoms with E-state index in [2.05, 4.69) is 0 Å². The molecule has 1 aromatic heterocycles. The lowest BCUT2D eigenvalue weighted by atomic mass is 9.81. The number of hydrogen-bond acceptors (Lipinski definition) is 7. The normalized spacial score (nSPS) is 18.2. The summed E-state index contributed by atoms with van der Waals surface area (Å²) in [6, 6.07) is 20.1. The highest BCUT2D eigenvalue weighted by molar-refractivity contribution is 6.31. The smallest absolute Gasteiger partial charge is 0.339 e. The summed E-state index contributed by atoms with van der Waals surface area (Å²) in [5, 5.41) is 0.908. The first kappa shape index (κ1) is 27.6. The lowest BCUT2D eigenvalue weighted by molar-refractivity contribution is -0.122. The number of carbonyl (C=O) groups excluding carboxylic acids is 4. The van der Waals surface area contributed by atoms with Crippen LogP contribution in [0.25, 0.3) is 22.2 Å². The van der Waals surface area contributed by atoms with Crippen LogP contribution in [0.1, 0.15) is 46.4 Å². The van der Waals surface area contributed by atoms with Gasteiger partial charge in [0.1, 0.15) is 5.75 Å². The molecular weight excluding hydrogens is 556 g/mol. The van der Waals surface area contributed by atoms with Gasteiger partial charge in [-0.3, -0.25) is 19.3 Å². The van der Waals surface area contributed by atoms with Crippen molar-refractivity contribution in [2.24, 2.45) is 11.8 Å². The summed E-state index contributed by atoms with van der Waals surface area (Å²) in [6.07, 6.45) is 3.43. The van der Waals surface area contributed by atoms with Crippen molar-refractivity contribution >= 4 is 51.8 Å². The van der Waals surface area contributed by atoms with Gasteiger partial charge in [0.05, 0.1) is 41.4 Å². The molecule has 0 spiro atoms. The van der Waals surface area contributed by atoms with Crippen LogP contribution in [0.3, 0.4) is 0 Å². The third kappa shape index (κ3) is 5.14. The molecule has 2 amide bonds. The monoisotopic (exact) mass is 582 g/mol. The van der Waals surface area contributed by atoms with E-state index in [0.717, 1.165) is 25.7 Å². The van der Waals surface area contributed by atoms with E-state index in [-0.39, 0.29) is 35.0 Å². The van der Waals surface area contributed by atoms with Gasteiger partial charge in [0.2, 0.25) is 11.8 Å². The second-order valence-electron chi connectivity index (χ2n) is 10.5. The number of methoxy groups -OCH3 is 1. The highest BCUT2D eigenvalue weighted by Gasteiger charge is 2.48. The predicted molar refractivity (Wildman–Crippen MR) is 158 cm³/mol. The van der Waals surface area contributed by atoms with E-state index in [0.29, 0.717) is 44.2 Å². The van der Waals surface area contributed by atoms with Crippen molar-refractivity contribution in [1.29, 1.82) is 0 Å². The molecule has 42 heavy (non-hydrogen) atoms. The van der Waals surface area contributed by atoms with Crippen LogP contribution < -0.4 is 9.64 Å². The number of anilines is 1. The van der Waals surface area contributed by atoms with Gasteiger partial charge in [-0.2, -0.15) is 0 Å². The highest BCUT2D eigenvalue weighted by atomic mass is 35.5. The summed E-state index contributed by atoms with van der Waals surface area (Å²) < 4.78 is 10.5. The second-order valence-corrected chi connectivity index (χ2v) is 10.9. The molecule has 0 radical (unpaired) electrons. The summed E-state index contributed by atoms with van der Waals surface area (Å²) in [6.45, 7) is -0.445. The molecule has 2 atom stereocenters. The van der Waals surface area contributed by atoms with Gasteiger partial charge in [0.15, 0.2) is 12.4 Å². The number of halogens is 1. The van der Waals surface area contributed by atoms with Crippen LogP contribution in [0, 0.1) is 11.8 Å². The summed E-state index contributed by atoms with van der Waals surface area (Å²) in [4.78, 5) is 58.0. The Morgan fingerprint density at radius 1 is 0.905 bits per heavy atom. The maximum absolute atomic E-state index is 13.3. The standard InChI is InChI=1S/C33H27ClN2O6/c1-41-23-13-8-20(9-14-23)30(37)18-42-33(40)27-17-29(35-28-15-10-21(34)16-26(27)28)19-6-11-22(12-7-19)36-31(38)24-4-2-3-5-25(24)32(36)39/h6-17,24-25H,2-5,18H2,1H3. The number of ether oxygens (including phenoxy) is 2. The van der Waals surface area contributed by atoms with Crippen LogP contribution >= 0.6 is 11.6 Å². The number of fused-ring (bicyclic) bond motifs is 2. The van der Waals surface area contributed by atoms with Crippen molar-refractivity contribution in [2.75, 3.05) is 18.6 Å². The number of rotatable bonds is 7. The Balaban J connectivity index is 1.26. The largest absolute Gasteiger partial charge is 0.497 e. The molecule has 4 aromatic rings. The second kappa shape index (κ2) is 11.4. The molecule has 1 saturated carbocycles. The number of amides is 2. The first-order valence-corrected chi connectivity index (χ1v) is 14.1. The fraction of sp³-hybridized carbons (Fsp3) is 0.242. The molecule has 212 valence electrons. The highest BCUT2D eigenvalue weighted by Crippen LogP contribution is 2.40. The van der Waals surface area contributed by atoms with Crippen LogP contribution in [0.15, 0.2) is 72.8 Å². The summed E-state index contributed by atoms with van der Waals surface area (Å²) in [5.41, 5.74) is 2.79. The maximum atomic E-state index is 13.3. The molecule has 0 N–H and O–H groups in total. The lowest BCUT2D eigenvalue weighted by Gasteiger charge is -2.19. The van der Waals surface area contributed by atoms with Crippen molar-refractivity contribution in [2.45, 2.75) is 25.7 Å². The zero-order valence-electron chi connectivity index (χ0n) is 22.8. The Morgan fingerprint density at radius 2 is 1.57 bits per heavy atom. The Kier molecular flexibility index (Phi) is 7.47. The average Bonchev–Trinajstić information content (AvgIpc) is 3.28. The van der Waals surface area contributed by atoms with Gasteiger partial charge in [-0.05, 0) is 73.5 Å². The fourth-order valence-electron chi connectivity index (χ4n) is 5.78. The number of aromatic nitrogens is 1. The Hall–Kier alpha value is -4.56. The zero-order valence-corrected chi connectivity index (χ0v) is 23.6. The number of imide groups is 1. The number of esters is 1. The van der Waals surface area contributed by atoms with Gasteiger partial charge in [0.25, 0.3) is 0 Å². The van der Waals surface area contributed by atoms with E-state index >= 15 is 0 Å². The van der Waals surface area contributed by atoms with Gasteiger partial charge in [0, 0.05) is 21.5 Å². The van der Waals surface area contributed by atoms with E-state index in [9.17, 15) is 19.2 Å².